The number of nitrogens with zero attached hydrogens (tertiary/aromatic N) is 2. The number of ether oxygens (including phenoxy) is 2. The number of likely N-dealkylation sites (tertiary alicyclic amines) is 1. The molecule has 11 nitrogen and oxygen atoms in total. The molecule has 1 aromatic carbocycles. The van der Waals surface area contributed by atoms with E-state index in [2.05, 4.69) is 9.64 Å². The van der Waals surface area contributed by atoms with Crippen LogP contribution in [0.15, 0.2) is 30.3 Å². The fourth-order valence-electron chi connectivity index (χ4n) is 3.57. The molecule has 182 valence electrons. The summed E-state index contributed by atoms with van der Waals surface area (Å²) in [5.41, 5.74) is -0.344. The van der Waals surface area contributed by atoms with Crippen molar-refractivity contribution in [3.05, 3.63) is 30.3 Å². The third-order valence-corrected chi connectivity index (χ3v) is 5.29. The van der Waals surface area contributed by atoms with Gasteiger partial charge in [0.2, 0.25) is 5.91 Å². The Balaban J connectivity index is 0.000000801. The first kappa shape index (κ1) is 27.6. The number of anilines is 1. The minimum atomic E-state index is -1.82. The van der Waals surface area contributed by atoms with Crippen molar-refractivity contribution in [1.82, 2.24) is 4.90 Å². The van der Waals surface area contributed by atoms with Crippen LogP contribution in [-0.4, -0.2) is 84.3 Å². The zero-order valence-electron chi connectivity index (χ0n) is 19.0. The number of rotatable bonds is 7. The van der Waals surface area contributed by atoms with Crippen molar-refractivity contribution in [3.8, 4) is 0 Å². The molecule has 1 amide bonds. The van der Waals surface area contributed by atoms with Gasteiger partial charge in [0.1, 0.15) is 5.54 Å². The second kappa shape index (κ2) is 13.2. The van der Waals surface area contributed by atoms with Crippen molar-refractivity contribution < 1.29 is 43.7 Å². The molecule has 33 heavy (non-hydrogen) atoms. The SMILES string of the molecule is CCC(=O)N(c1ccccc1)C1(C(=O)OC)CCN(CCC(=O)OC)CC1.O=C(O)C(=O)O. The average Bonchev–Trinajstić information content (AvgIpc) is 2.83. The maximum atomic E-state index is 12.8. The summed E-state index contributed by atoms with van der Waals surface area (Å²) in [7, 11) is 2.72. The van der Waals surface area contributed by atoms with Gasteiger partial charge in [0.05, 0.1) is 20.6 Å². The monoisotopic (exact) mass is 466 g/mol. The maximum absolute atomic E-state index is 12.8. The van der Waals surface area contributed by atoms with Crippen LogP contribution in [0.2, 0.25) is 0 Å². The van der Waals surface area contributed by atoms with E-state index in [9.17, 15) is 14.4 Å². The molecule has 0 saturated carbocycles. The first-order valence-corrected chi connectivity index (χ1v) is 10.3. The highest BCUT2D eigenvalue weighted by molar-refractivity contribution is 6.27. The molecule has 1 aliphatic rings. The number of amides is 1. The number of methoxy groups -OCH3 is 2. The van der Waals surface area contributed by atoms with Crippen molar-refractivity contribution in [1.29, 1.82) is 0 Å². The van der Waals surface area contributed by atoms with Gasteiger partial charge in [-0.2, -0.15) is 0 Å². The largest absolute Gasteiger partial charge is 0.473 e. The standard InChI is InChI=1S/C20H28N2O5.C2H2O4/c1-4-17(23)22(16-8-6-5-7-9-16)20(19(25)27-3)11-14-21(15-12-20)13-10-18(24)26-2;3-1(4)2(5)6/h5-9H,4,10-15H2,1-3H3;(H,3,4)(H,5,6). The minimum Gasteiger partial charge on any atom is -0.473 e. The summed E-state index contributed by atoms with van der Waals surface area (Å²) in [4.78, 5) is 58.9. The predicted octanol–water partition coefficient (Wildman–Crippen LogP) is 1.16. The number of carbonyl (C=O) groups is 5. The number of carboxylic acid groups (broad SMARTS) is 2. The Bertz CT molecular complexity index is 822. The van der Waals surface area contributed by atoms with E-state index >= 15 is 0 Å². The fraction of sp³-hybridized carbons (Fsp3) is 0.500. The molecule has 1 heterocycles. The van der Waals surface area contributed by atoms with Crippen LogP contribution in [-0.2, 0) is 33.4 Å². The van der Waals surface area contributed by atoms with Gasteiger partial charge in [-0.05, 0) is 25.0 Å². The molecule has 0 aromatic heterocycles. The smallest absolute Gasteiger partial charge is 0.414 e. The Morgan fingerprint density at radius 2 is 1.52 bits per heavy atom. The second-order valence-corrected chi connectivity index (χ2v) is 7.22. The van der Waals surface area contributed by atoms with Crippen LogP contribution in [0.5, 0.6) is 0 Å². The van der Waals surface area contributed by atoms with E-state index in [-0.39, 0.29) is 11.9 Å². The molecule has 11 heteroatoms. The van der Waals surface area contributed by atoms with Gasteiger partial charge < -0.3 is 24.6 Å². The molecule has 2 N–H and O–H groups in total. The predicted molar refractivity (Wildman–Crippen MR) is 117 cm³/mol. The third-order valence-electron chi connectivity index (χ3n) is 5.29. The lowest BCUT2D eigenvalue weighted by Crippen LogP contribution is -2.62. The van der Waals surface area contributed by atoms with E-state index in [1.54, 1.807) is 11.8 Å². The van der Waals surface area contributed by atoms with Gasteiger partial charge in [0.25, 0.3) is 0 Å². The van der Waals surface area contributed by atoms with Crippen molar-refractivity contribution in [2.75, 3.05) is 38.8 Å². The Hall–Kier alpha value is -3.47. The lowest BCUT2D eigenvalue weighted by Gasteiger charge is -2.46. The number of carbonyl (C=O) groups excluding carboxylic acids is 3. The Morgan fingerprint density at radius 1 is 0.970 bits per heavy atom. The highest BCUT2D eigenvalue weighted by Crippen LogP contribution is 2.35. The number of hydrogen-bond donors (Lipinski definition) is 2. The summed E-state index contributed by atoms with van der Waals surface area (Å²) in [6.07, 6.45) is 1.49. The van der Waals surface area contributed by atoms with E-state index in [0.29, 0.717) is 51.0 Å². The van der Waals surface area contributed by atoms with Gasteiger partial charge >= 0.3 is 23.9 Å². The van der Waals surface area contributed by atoms with E-state index in [1.807, 2.05) is 30.3 Å². The van der Waals surface area contributed by atoms with Gasteiger partial charge in [0.15, 0.2) is 0 Å². The van der Waals surface area contributed by atoms with Crippen LogP contribution in [0.3, 0.4) is 0 Å². The topological polar surface area (TPSA) is 151 Å². The summed E-state index contributed by atoms with van der Waals surface area (Å²) in [5, 5.41) is 14.8. The summed E-state index contributed by atoms with van der Waals surface area (Å²) in [6.45, 7) is 3.53. The third kappa shape index (κ3) is 7.56. The summed E-state index contributed by atoms with van der Waals surface area (Å²) < 4.78 is 9.80. The number of benzene rings is 1. The van der Waals surface area contributed by atoms with E-state index in [0.717, 1.165) is 0 Å². The maximum Gasteiger partial charge on any atom is 0.414 e. The highest BCUT2D eigenvalue weighted by Gasteiger charge is 2.49. The van der Waals surface area contributed by atoms with Gasteiger partial charge in [-0.1, -0.05) is 25.1 Å². The lowest BCUT2D eigenvalue weighted by atomic mass is 9.84. The van der Waals surface area contributed by atoms with Crippen LogP contribution < -0.4 is 4.90 Å². The minimum absolute atomic E-state index is 0.116. The molecule has 1 saturated heterocycles. The summed E-state index contributed by atoms with van der Waals surface area (Å²) >= 11 is 0. The molecule has 0 atom stereocenters. The molecule has 1 aliphatic heterocycles. The fourth-order valence-corrected chi connectivity index (χ4v) is 3.57. The first-order chi connectivity index (χ1) is 15.6. The van der Waals surface area contributed by atoms with Crippen molar-refractivity contribution in [3.63, 3.8) is 0 Å². The van der Waals surface area contributed by atoms with E-state index in [1.165, 1.54) is 14.2 Å². The van der Waals surface area contributed by atoms with Crippen LogP contribution in [0.4, 0.5) is 5.69 Å². The molecule has 0 bridgehead atoms. The molecule has 0 unspecified atom stereocenters. The van der Waals surface area contributed by atoms with E-state index < -0.39 is 23.4 Å². The number of para-hydroxylation sites is 1. The molecular weight excluding hydrogens is 436 g/mol. The average molecular weight is 466 g/mol. The summed E-state index contributed by atoms with van der Waals surface area (Å²) in [6, 6.07) is 9.24. The molecule has 0 aliphatic carbocycles. The Morgan fingerprint density at radius 3 is 1.94 bits per heavy atom. The van der Waals surface area contributed by atoms with Gasteiger partial charge in [-0.15, -0.1) is 0 Å². The lowest BCUT2D eigenvalue weighted by molar-refractivity contribution is -0.159. The van der Waals surface area contributed by atoms with Gasteiger partial charge in [0, 0.05) is 31.7 Å². The Kier molecular flexibility index (Phi) is 11.0. The molecule has 0 radical (unpaired) electrons. The zero-order chi connectivity index (χ0) is 25.0. The number of esters is 2. The first-order valence-electron chi connectivity index (χ1n) is 10.3. The van der Waals surface area contributed by atoms with Gasteiger partial charge in [-0.25, -0.2) is 14.4 Å². The van der Waals surface area contributed by atoms with Crippen LogP contribution in [0.25, 0.3) is 0 Å². The summed E-state index contributed by atoms with van der Waals surface area (Å²) in [5.74, 6) is -4.42. The number of aliphatic carboxylic acids is 2. The van der Waals surface area contributed by atoms with Crippen LogP contribution in [0, 0.1) is 0 Å². The van der Waals surface area contributed by atoms with Gasteiger partial charge in [-0.3, -0.25) is 14.5 Å². The van der Waals surface area contributed by atoms with Crippen LogP contribution in [0.1, 0.15) is 32.6 Å². The second-order valence-electron chi connectivity index (χ2n) is 7.22. The highest BCUT2D eigenvalue weighted by atomic mass is 16.5. The van der Waals surface area contributed by atoms with Crippen molar-refractivity contribution >= 4 is 35.5 Å². The molecule has 2 rings (SSSR count). The van der Waals surface area contributed by atoms with Crippen LogP contribution >= 0.6 is 0 Å². The normalized spacial score (nSPS) is 14.8. The molecular formula is C22H30N2O9. The number of piperidine rings is 1. The van der Waals surface area contributed by atoms with E-state index in [4.69, 9.17) is 24.5 Å². The molecule has 1 fully saturated rings. The zero-order valence-corrected chi connectivity index (χ0v) is 19.0. The quantitative estimate of drug-likeness (QED) is 0.442. The van der Waals surface area contributed by atoms with Crippen molar-refractivity contribution in [2.45, 2.75) is 38.1 Å². The number of carboxylic acids is 2. The van der Waals surface area contributed by atoms with Crippen molar-refractivity contribution in [2.24, 2.45) is 0 Å². The number of hydrogen-bond acceptors (Lipinski definition) is 8. The Labute approximate surface area is 191 Å². The molecule has 0 spiro atoms. The molecule has 1 aromatic rings.